The zero-order valence-electron chi connectivity index (χ0n) is 13.2. The lowest BCUT2D eigenvalue weighted by atomic mass is 9.96. The third kappa shape index (κ3) is 4.27. The Morgan fingerprint density at radius 1 is 1.43 bits per heavy atom. The quantitative estimate of drug-likeness (QED) is 0.925. The van der Waals surface area contributed by atoms with E-state index in [1.54, 1.807) is 13.8 Å². The Labute approximate surface area is 126 Å². The second-order valence-corrected chi connectivity index (χ2v) is 6.16. The van der Waals surface area contributed by atoms with E-state index < -0.39 is 0 Å². The Bertz CT molecular complexity index is 516. The van der Waals surface area contributed by atoms with Crippen molar-refractivity contribution in [3.05, 3.63) is 34.6 Å². The molecule has 1 unspecified atom stereocenters. The summed E-state index contributed by atoms with van der Waals surface area (Å²) < 4.78 is 14.0. The van der Waals surface area contributed by atoms with E-state index in [0.29, 0.717) is 11.5 Å². The molecule has 1 fully saturated rings. The number of hydrogen-bond donors (Lipinski definition) is 1. The maximum atomic E-state index is 14.0. The minimum absolute atomic E-state index is 0.0311. The number of nitrogens with zero attached hydrogens (tertiary/aromatic N) is 1. The topological polar surface area (TPSA) is 32.3 Å². The molecule has 1 heterocycles. The number of carbonyl (C=O) groups excluding carboxylic acids is 1. The van der Waals surface area contributed by atoms with Crippen molar-refractivity contribution in [1.29, 1.82) is 0 Å². The van der Waals surface area contributed by atoms with E-state index in [1.807, 2.05) is 19.1 Å². The molecule has 0 aromatic heterocycles. The number of nitrogens with one attached hydrogen (secondary N) is 1. The maximum Gasteiger partial charge on any atom is 0.216 e. The first-order valence-corrected chi connectivity index (χ1v) is 7.68. The van der Waals surface area contributed by atoms with Gasteiger partial charge in [-0.05, 0) is 55.8 Å². The van der Waals surface area contributed by atoms with Crippen LogP contribution in [0.4, 0.5) is 4.39 Å². The van der Waals surface area contributed by atoms with Crippen LogP contribution in [0.25, 0.3) is 0 Å². The van der Waals surface area contributed by atoms with Crippen LogP contribution in [-0.2, 0) is 11.3 Å². The van der Waals surface area contributed by atoms with Gasteiger partial charge in [-0.15, -0.1) is 0 Å². The Balaban J connectivity index is 1.96. The molecule has 0 radical (unpaired) electrons. The van der Waals surface area contributed by atoms with Crippen LogP contribution in [0, 0.1) is 25.6 Å². The number of aryl methyl sites for hydroxylation is 1. The highest BCUT2D eigenvalue weighted by molar-refractivity contribution is 5.72. The van der Waals surface area contributed by atoms with Crippen LogP contribution in [0.1, 0.15) is 36.5 Å². The zero-order valence-corrected chi connectivity index (χ0v) is 13.2. The number of halogens is 1. The third-order valence-corrected chi connectivity index (χ3v) is 4.33. The summed E-state index contributed by atoms with van der Waals surface area (Å²) in [6.45, 7) is 8.76. The summed E-state index contributed by atoms with van der Waals surface area (Å²) in [6.07, 6.45) is 2.29. The number of hydrogen-bond acceptors (Lipinski definition) is 2. The van der Waals surface area contributed by atoms with E-state index in [2.05, 4.69) is 10.2 Å². The van der Waals surface area contributed by atoms with Crippen molar-refractivity contribution in [1.82, 2.24) is 10.2 Å². The second-order valence-electron chi connectivity index (χ2n) is 6.16. The molecule has 116 valence electrons. The van der Waals surface area contributed by atoms with Crippen molar-refractivity contribution >= 4 is 5.91 Å². The van der Waals surface area contributed by atoms with Gasteiger partial charge in [0.1, 0.15) is 5.82 Å². The molecule has 0 bridgehead atoms. The molecule has 0 aliphatic carbocycles. The van der Waals surface area contributed by atoms with Crippen molar-refractivity contribution in [2.75, 3.05) is 19.6 Å². The fraction of sp³-hybridized carbons (Fsp3) is 0.588. The summed E-state index contributed by atoms with van der Waals surface area (Å²) in [5, 5.41) is 2.90. The molecule has 0 saturated carbocycles. The number of piperidine rings is 1. The van der Waals surface area contributed by atoms with Crippen LogP contribution in [0.5, 0.6) is 0 Å². The monoisotopic (exact) mass is 292 g/mol. The van der Waals surface area contributed by atoms with Gasteiger partial charge in [-0.25, -0.2) is 4.39 Å². The number of benzene rings is 1. The molecule has 1 N–H and O–H groups in total. The van der Waals surface area contributed by atoms with Gasteiger partial charge in [0.2, 0.25) is 5.91 Å². The molecular weight excluding hydrogens is 267 g/mol. The van der Waals surface area contributed by atoms with E-state index in [9.17, 15) is 9.18 Å². The Morgan fingerprint density at radius 3 is 2.90 bits per heavy atom. The SMILES string of the molecule is CC(=O)NCC1CCCN(Cc2ccc(C)c(F)c2C)C1. The predicted molar refractivity (Wildman–Crippen MR) is 82.6 cm³/mol. The van der Waals surface area contributed by atoms with Gasteiger partial charge in [0.05, 0.1) is 0 Å². The van der Waals surface area contributed by atoms with Gasteiger partial charge < -0.3 is 5.32 Å². The maximum absolute atomic E-state index is 14.0. The van der Waals surface area contributed by atoms with Crippen LogP contribution in [-0.4, -0.2) is 30.4 Å². The number of rotatable bonds is 4. The summed E-state index contributed by atoms with van der Waals surface area (Å²) in [5.41, 5.74) is 2.54. The van der Waals surface area contributed by atoms with Crippen molar-refractivity contribution in [3.63, 3.8) is 0 Å². The fourth-order valence-electron chi connectivity index (χ4n) is 3.02. The Kier molecular flexibility index (Phi) is 5.34. The standard InChI is InChI=1S/C17H25FN2O/c1-12-6-7-16(13(2)17(12)18)11-20-8-4-5-15(10-20)9-19-14(3)21/h6-7,15H,4-5,8-11H2,1-3H3,(H,19,21). The largest absolute Gasteiger partial charge is 0.356 e. The molecule has 3 nitrogen and oxygen atoms in total. The molecule has 1 amide bonds. The molecule has 1 aliphatic rings. The zero-order chi connectivity index (χ0) is 15.4. The molecule has 1 aromatic rings. The lowest BCUT2D eigenvalue weighted by Crippen LogP contribution is -2.40. The summed E-state index contributed by atoms with van der Waals surface area (Å²) in [6, 6.07) is 3.89. The lowest BCUT2D eigenvalue weighted by molar-refractivity contribution is -0.119. The summed E-state index contributed by atoms with van der Waals surface area (Å²) in [5.74, 6) is 0.445. The number of likely N-dealkylation sites (tertiary alicyclic amines) is 1. The van der Waals surface area contributed by atoms with E-state index in [1.165, 1.54) is 0 Å². The van der Waals surface area contributed by atoms with Crippen LogP contribution >= 0.6 is 0 Å². The molecular formula is C17H25FN2O. The van der Waals surface area contributed by atoms with Gasteiger partial charge in [0, 0.05) is 26.6 Å². The van der Waals surface area contributed by atoms with E-state index in [0.717, 1.165) is 50.1 Å². The number of carbonyl (C=O) groups is 1. The first-order chi connectivity index (χ1) is 9.97. The highest BCUT2D eigenvalue weighted by Crippen LogP contribution is 2.22. The Hall–Kier alpha value is -1.42. The fourth-order valence-corrected chi connectivity index (χ4v) is 3.02. The average Bonchev–Trinajstić information content (AvgIpc) is 2.46. The highest BCUT2D eigenvalue weighted by Gasteiger charge is 2.21. The van der Waals surface area contributed by atoms with Gasteiger partial charge >= 0.3 is 0 Å². The minimum atomic E-state index is -0.0840. The van der Waals surface area contributed by atoms with Crippen molar-refractivity contribution in [2.24, 2.45) is 5.92 Å². The van der Waals surface area contributed by atoms with Crippen molar-refractivity contribution < 1.29 is 9.18 Å². The second kappa shape index (κ2) is 7.03. The van der Waals surface area contributed by atoms with E-state index in [4.69, 9.17) is 0 Å². The molecule has 1 aliphatic heterocycles. The van der Waals surface area contributed by atoms with Gasteiger partial charge in [-0.3, -0.25) is 9.69 Å². The summed E-state index contributed by atoms with van der Waals surface area (Å²) in [7, 11) is 0. The van der Waals surface area contributed by atoms with E-state index >= 15 is 0 Å². The van der Waals surface area contributed by atoms with Gasteiger partial charge in [0.25, 0.3) is 0 Å². The molecule has 1 aromatic carbocycles. The average molecular weight is 292 g/mol. The highest BCUT2D eigenvalue weighted by atomic mass is 19.1. The molecule has 21 heavy (non-hydrogen) atoms. The molecule has 1 saturated heterocycles. The smallest absolute Gasteiger partial charge is 0.216 e. The van der Waals surface area contributed by atoms with Crippen LogP contribution in [0.3, 0.4) is 0 Å². The van der Waals surface area contributed by atoms with Crippen LogP contribution in [0.2, 0.25) is 0 Å². The number of amides is 1. The molecule has 2 rings (SSSR count). The third-order valence-electron chi connectivity index (χ3n) is 4.33. The normalized spacial score (nSPS) is 19.5. The predicted octanol–water partition coefficient (Wildman–Crippen LogP) is 2.79. The van der Waals surface area contributed by atoms with Crippen LogP contribution in [0.15, 0.2) is 12.1 Å². The van der Waals surface area contributed by atoms with E-state index in [-0.39, 0.29) is 11.7 Å². The van der Waals surface area contributed by atoms with Gasteiger partial charge in [0.15, 0.2) is 0 Å². The first-order valence-electron chi connectivity index (χ1n) is 7.68. The summed E-state index contributed by atoms with van der Waals surface area (Å²) in [4.78, 5) is 13.4. The van der Waals surface area contributed by atoms with Crippen molar-refractivity contribution in [3.8, 4) is 0 Å². The molecule has 4 heteroatoms. The van der Waals surface area contributed by atoms with Crippen molar-refractivity contribution in [2.45, 2.75) is 40.2 Å². The lowest BCUT2D eigenvalue weighted by Gasteiger charge is -2.33. The first kappa shape index (κ1) is 16.0. The van der Waals surface area contributed by atoms with Gasteiger partial charge in [-0.2, -0.15) is 0 Å². The molecule has 0 spiro atoms. The Morgan fingerprint density at radius 2 is 2.19 bits per heavy atom. The minimum Gasteiger partial charge on any atom is -0.356 e. The summed E-state index contributed by atoms with van der Waals surface area (Å²) >= 11 is 0. The van der Waals surface area contributed by atoms with Crippen LogP contribution < -0.4 is 5.32 Å². The van der Waals surface area contributed by atoms with Gasteiger partial charge in [-0.1, -0.05) is 12.1 Å². The molecule has 1 atom stereocenters.